The Morgan fingerprint density at radius 2 is 1.81 bits per heavy atom. The summed E-state index contributed by atoms with van der Waals surface area (Å²) in [6.45, 7) is 0. The number of aromatic hydroxyl groups is 1. The summed E-state index contributed by atoms with van der Waals surface area (Å²) in [5.74, 6) is 0.991. The van der Waals surface area contributed by atoms with E-state index in [9.17, 15) is 5.11 Å². The van der Waals surface area contributed by atoms with Gasteiger partial charge in [-0.2, -0.15) is 0 Å². The van der Waals surface area contributed by atoms with Crippen LogP contribution in [-0.4, -0.2) is 74.8 Å². The molecular formula is C26H30FN7O3. The summed E-state index contributed by atoms with van der Waals surface area (Å²) in [6.07, 6.45) is 7.99. The highest BCUT2D eigenvalue weighted by Gasteiger charge is 2.47. The molecule has 2 aromatic heterocycles. The molecule has 3 fully saturated rings. The van der Waals surface area contributed by atoms with Crippen LogP contribution in [0.1, 0.15) is 38.5 Å². The van der Waals surface area contributed by atoms with Crippen molar-refractivity contribution in [2.45, 2.75) is 68.9 Å². The van der Waals surface area contributed by atoms with E-state index in [1.165, 1.54) is 14.2 Å². The molecule has 2 N–H and O–H groups in total. The third-order valence-electron chi connectivity index (χ3n) is 7.54. The average molecular weight is 508 g/mol. The molecule has 1 aromatic carbocycles. The van der Waals surface area contributed by atoms with Crippen molar-refractivity contribution in [1.29, 1.82) is 0 Å². The zero-order valence-electron chi connectivity index (χ0n) is 20.8. The number of rotatable bonds is 7. The number of piperidine rings is 2. The van der Waals surface area contributed by atoms with Crippen molar-refractivity contribution >= 4 is 5.95 Å². The zero-order valence-corrected chi connectivity index (χ0v) is 20.8. The number of nitrogens with zero attached hydrogens (tertiary/aromatic N) is 6. The number of anilines is 1. The Morgan fingerprint density at radius 1 is 1.00 bits per heavy atom. The Labute approximate surface area is 214 Å². The largest absolute Gasteiger partial charge is 0.507 e. The van der Waals surface area contributed by atoms with Crippen LogP contribution in [0.15, 0.2) is 30.6 Å². The number of phenols is 1. The van der Waals surface area contributed by atoms with Crippen molar-refractivity contribution in [3.8, 4) is 40.0 Å². The lowest BCUT2D eigenvalue weighted by Gasteiger charge is -2.46. The number of halogens is 1. The second-order valence-electron chi connectivity index (χ2n) is 9.94. The maximum absolute atomic E-state index is 15.5. The van der Waals surface area contributed by atoms with Crippen molar-refractivity contribution in [2.24, 2.45) is 0 Å². The molecule has 194 valence electrons. The second kappa shape index (κ2) is 9.70. The molecule has 2 saturated heterocycles. The number of hydrogen-bond acceptors (Lipinski definition) is 10. The molecule has 1 aliphatic carbocycles. The van der Waals surface area contributed by atoms with E-state index in [2.05, 4.69) is 35.4 Å². The highest BCUT2D eigenvalue weighted by molar-refractivity contribution is 5.72. The normalized spacial score (nSPS) is 24.9. The van der Waals surface area contributed by atoms with Gasteiger partial charge in [-0.05, 0) is 44.2 Å². The van der Waals surface area contributed by atoms with Gasteiger partial charge in [0.15, 0.2) is 0 Å². The molecule has 37 heavy (non-hydrogen) atoms. The molecule has 3 aromatic rings. The number of fused-ring (bicyclic) bond motifs is 2. The molecule has 11 heteroatoms. The highest BCUT2D eigenvalue weighted by atomic mass is 19.1. The summed E-state index contributed by atoms with van der Waals surface area (Å²) in [4.78, 5) is 15.2. The van der Waals surface area contributed by atoms with Gasteiger partial charge in [0.2, 0.25) is 5.95 Å². The van der Waals surface area contributed by atoms with E-state index < -0.39 is 6.17 Å². The van der Waals surface area contributed by atoms with Gasteiger partial charge >= 0.3 is 0 Å². The van der Waals surface area contributed by atoms with Gasteiger partial charge < -0.3 is 24.8 Å². The lowest BCUT2D eigenvalue weighted by atomic mass is 9.82. The molecule has 0 radical (unpaired) electrons. The summed E-state index contributed by atoms with van der Waals surface area (Å²) in [5.41, 5.74) is 2.09. The average Bonchev–Trinajstić information content (AvgIpc) is 3.77. The van der Waals surface area contributed by atoms with Crippen molar-refractivity contribution < 1.29 is 19.0 Å². The second-order valence-corrected chi connectivity index (χ2v) is 9.94. The number of nitrogens with one attached hydrogen (secondary N) is 1. The Kier molecular flexibility index (Phi) is 6.23. The molecule has 0 spiro atoms. The van der Waals surface area contributed by atoms with E-state index >= 15 is 4.39 Å². The molecular weight excluding hydrogens is 477 g/mol. The summed E-state index contributed by atoms with van der Waals surface area (Å²) in [6, 6.07) is 5.37. The third-order valence-corrected chi connectivity index (χ3v) is 7.54. The first kappa shape index (κ1) is 23.8. The van der Waals surface area contributed by atoms with Gasteiger partial charge in [0, 0.05) is 29.3 Å². The summed E-state index contributed by atoms with van der Waals surface area (Å²) < 4.78 is 25.8. The van der Waals surface area contributed by atoms with Crippen LogP contribution in [-0.2, 0) is 0 Å². The van der Waals surface area contributed by atoms with Crippen LogP contribution in [0.25, 0.3) is 22.5 Å². The van der Waals surface area contributed by atoms with E-state index in [1.54, 1.807) is 30.6 Å². The first-order chi connectivity index (χ1) is 18.1. The zero-order chi connectivity index (χ0) is 25.5. The predicted octanol–water partition coefficient (Wildman–Crippen LogP) is 3.31. The predicted molar refractivity (Wildman–Crippen MR) is 134 cm³/mol. The number of benzene rings is 1. The molecule has 2 aliphatic heterocycles. The van der Waals surface area contributed by atoms with Crippen molar-refractivity contribution in [3.05, 3.63) is 30.6 Å². The maximum atomic E-state index is 15.5. The summed E-state index contributed by atoms with van der Waals surface area (Å²) in [5, 5.41) is 23.0. The van der Waals surface area contributed by atoms with Crippen LogP contribution in [0.4, 0.5) is 10.3 Å². The van der Waals surface area contributed by atoms with Gasteiger partial charge in [-0.1, -0.05) is 12.5 Å². The van der Waals surface area contributed by atoms with E-state index in [-0.39, 0.29) is 35.6 Å². The molecule has 4 atom stereocenters. The third kappa shape index (κ3) is 4.52. The van der Waals surface area contributed by atoms with Crippen LogP contribution < -0.4 is 19.7 Å². The topological polar surface area (TPSA) is 118 Å². The fraction of sp³-hybridized carbons (Fsp3) is 0.500. The molecule has 4 heterocycles. The first-order valence-corrected chi connectivity index (χ1v) is 12.7. The van der Waals surface area contributed by atoms with Gasteiger partial charge in [0.05, 0.1) is 38.3 Å². The van der Waals surface area contributed by atoms with Crippen molar-refractivity contribution in [2.75, 3.05) is 19.1 Å². The number of alkyl halides is 1. The van der Waals surface area contributed by atoms with Gasteiger partial charge in [-0.25, -0.2) is 19.3 Å². The number of methoxy groups -OCH3 is 2. The van der Waals surface area contributed by atoms with Gasteiger partial charge in [-0.15, -0.1) is 10.2 Å². The molecule has 0 unspecified atom stereocenters. The molecule has 1 saturated carbocycles. The fourth-order valence-electron chi connectivity index (χ4n) is 5.57. The Balaban J connectivity index is 1.25. The standard InChI is InChI=1S/C26H30FN7O3/c1-36-24-25(37-2)31-19(12-28-24)14-6-9-17(22(35)10-14)20-13-29-26(33-32-20)34(16-7-8-16)21-11-15-4-3-5-18(30-15)23(21)27/h6,9-10,12-13,15-16,18,21,23,30,35H,3-5,7-8,11H2,1-2H3/t15-,18+,21-,23+/m0/s1. The smallest absolute Gasteiger partial charge is 0.278 e. The molecule has 3 aliphatic rings. The minimum absolute atomic E-state index is 0.00647. The Bertz CT molecular complexity index is 1270. The SMILES string of the molecule is COc1ncc(-c2ccc(-c3cnc(N(C4CC4)[C@H]4C[C@@H]5CCC[C@@H](N5)[C@H]4F)nn3)c(O)c2)nc1OC. The quantitative estimate of drug-likeness (QED) is 0.493. The number of aromatic nitrogens is 5. The monoisotopic (exact) mass is 507 g/mol. The van der Waals surface area contributed by atoms with Crippen LogP contribution in [0.2, 0.25) is 0 Å². The molecule has 0 amide bonds. The van der Waals surface area contributed by atoms with Crippen LogP contribution in [0, 0.1) is 0 Å². The van der Waals surface area contributed by atoms with E-state index in [4.69, 9.17) is 9.47 Å². The number of hydrogen-bond donors (Lipinski definition) is 2. The minimum atomic E-state index is -0.961. The van der Waals surface area contributed by atoms with Gasteiger partial charge in [-0.3, -0.25) is 0 Å². The van der Waals surface area contributed by atoms with Crippen molar-refractivity contribution in [1.82, 2.24) is 30.5 Å². The molecule has 6 rings (SSSR count). The minimum Gasteiger partial charge on any atom is -0.507 e. The molecule has 10 nitrogen and oxygen atoms in total. The van der Waals surface area contributed by atoms with E-state index in [0.717, 1.165) is 38.5 Å². The van der Waals surface area contributed by atoms with Crippen molar-refractivity contribution in [3.63, 3.8) is 0 Å². The van der Waals surface area contributed by atoms with E-state index in [1.807, 2.05) is 0 Å². The summed E-state index contributed by atoms with van der Waals surface area (Å²) in [7, 11) is 2.98. The highest BCUT2D eigenvalue weighted by Crippen LogP contribution is 2.39. The fourth-order valence-corrected chi connectivity index (χ4v) is 5.57. The van der Waals surface area contributed by atoms with E-state index in [0.29, 0.717) is 34.5 Å². The lowest BCUT2D eigenvalue weighted by molar-refractivity contribution is 0.103. The first-order valence-electron chi connectivity index (χ1n) is 12.7. The van der Waals surface area contributed by atoms with Crippen LogP contribution >= 0.6 is 0 Å². The maximum Gasteiger partial charge on any atom is 0.278 e. The van der Waals surface area contributed by atoms with Crippen LogP contribution in [0.3, 0.4) is 0 Å². The Morgan fingerprint density at radius 3 is 2.51 bits per heavy atom. The number of ether oxygens (including phenoxy) is 2. The molecule has 2 bridgehead atoms. The van der Waals surface area contributed by atoms with Gasteiger partial charge in [0.25, 0.3) is 11.8 Å². The van der Waals surface area contributed by atoms with Gasteiger partial charge in [0.1, 0.15) is 17.6 Å². The Hall–Kier alpha value is -3.60. The number of phenolic OH excluding ortho intramolecular Hbond substituents is 1. The lowest BCUT2D eigenvalue weighted by Crippen LogP contribution is -2.62. The summed E-state index contributed by atoms with van der Waals surface area (Å²) >= 11 is 0. The van der Waals surface area contributed by atoms with Crippen LogP contribution in [0.5, 0.6) is 17.5 Å².